The molecule has 29 heavy (non-hydrogen) atoms. The third kappa shape index (κ3) is 5.07. The van der Waals surface area contributed by atoms with E-state index in [-0.39, 0.29) is 11.8 Å². The molecular weight excluding hydrogens is 412 g/mol. The lowest BCUT2D eigenvalue weighted by molar-refractivity contribution is 0.101. The number of benzene rings is 2. The number of carbonyl (C=O) groups excluding carboxylic acids is 2. The first-order chi connectivity index (χ1) is 14.0. The zero-order chi connectivity index (χ0) is 20.8. The number of hydrogen-bond acceptors (Lipinski definition) is 5. The maximum Gasteiger partial charge on any atom is 0.265 e. The van der Waals surface area contributed by atoms with E-state index in [2.05, 4.69) is 10.6 Å². The van der Waals surface area contributed by atoms with Crippen molar-refractivity contribution in [1.29, 1.82) is 0 Å². The lowest BCUT2D eigenvalue weighted by atomic mass is 10.2. The molecule has 3 rings (SSSR count). The van der Waals surface area contributed by atoms with Gasteiger partial charge in [-0.3, -0.25) is 9.59 Å². The third-order valence-corrected chi connectivity index (χ3v) is 5.11. The van der Waals surface area contributed by atoms with Gasteiger partial charge in [0.2, 0.25) is 0 Å². The standard InChI is InChI=1S/C21H19ClN2O4S/c1-3-28-17-9-6-13(11-15(17)22)20(25)23-14-7-8-16(18(12-14)27-2)24-21(26)19-5-4-10-29-19/h4-12H,3H2,1-2H3,(H,23,25)(H,24,26). The molecule has 6 nitrogen and oxygen atoms in total. The molecule has 0 aliphatic heterocycles. The van der Waals surface area contributed by atoms with Gasteiger partial charge in [0.25, 0.3) is 11.8 Å². The lowest BCUT2D eigenvalue weighted by Crippen LogP contribution is -2.13. The predicted octanol–water partition coefficient (Wildman–Crippen LogP) is 5.31. The van der Waals surface area contributed by atoms with E-state index in [1.165, 1.54) is 18.4 Å². The smallest absolute Gasteiger partial charge is 0.265 e. The van der Waals surface area contributed by atoms with Crippen LogP contribution in [0.2, 0.25) is 5.02 Å². The van der Waals surface area contributed by atoms with Gasteiger partial charge in [0.15, 0.2) is 0 Å². The van der Waals surface area contributed by atoms with Crippen LogP contribution in [-0.4, -0.2) is 25.5 Å². The van der Waals surface area contributed by atoms with Crippen LogP contribution < -0.4 is 20.1 Å². The Bertz CT molecular complexity index is 1020. The Morgan fingerprint density at radius 2 is 1.86 bits per heavy atom. The summed E-state index contributed by atoms with van der Waals surface area (Å²) in [6.45, 7) is 2.34. The molecule has 0 fully saturated rings. The molecule has 2 aromatic carbocycles. The number of nitrogens with one attached hydrogen (secondary N) is 2. The van der Waals surface area contributed by atoms with Crippen molar-refractivity contribution < 1.29 is 19.1 Å². The summed E-state index contributed by atoms with van der Waals surface area (Å²) in [5.74, 6) is 0.405. The highest BCUT2D eigenvalue weighted by Crippen LogP contribution is 2.30. The van der Waals surface area contributed by atoms with Crippen LogP contribution in [0.25, 0.3) is 0 Å². The maximum atomic E-state index is 12.5. The number of thiophene rings is 1. The molecule has 1 heterocycles. The molecule has 1 aromatic heterocycles. The number of amides is 2. The van der Waals surface area contributed by atoms with Crippen LogP contribution >= 0.6 is 22.9 Å². The Hall–Kier alpha value is -3.03. The fourth-order valence-electron chi connectivity index (χ4n) is 2.58. The topological polar surface area (TPSA) is 76.7 Å². The van der Waals surface area contributed by atoms with E-state index in [9.17, 15) is 9.59 Å². The van der Waals surface area contributed by atoms with Crippen molar-refractivity contribution in [2.24, 2.45) is 0 Å². The monoisotopic (exact) mass is 430 g/mol. The summed E-state index contributed by atoms with van der Waals surface area (Å²) >= 11 is 7.50. The third-order valence-electron chi connectivity index (χ3n) is 3.95. The van der Waals surface area contributed by atoms with Crippen molar-refractivity contribution in [2.75, 3.05) is 24.4 Å². The second kappa shape index (κ2) is 9.45. The Labute approximate surface area is 177 Å². The first-order valence-corrected chi connectivity index (χ1v) is 10.0. The van der Waals surface area contributed by atoms with Gasteiger partial charge in [-0.05, 0) is 48.7 Å². The SMILES string of the molecule is CCOc1ccc(C(=O)Nc2ccc(NC(=O)c3cccs3)c(OC)c2)cc1Cl. The van der Waals surface area contributed by atoms with Crippen LogP contribution in [0.4, 0.5) is 11.4 Å². The quantitative estimate of drug-likeness (QED) is 0.532. The van der Waals surface area contributed by atoms with Gasteiger partial charge in [0.1, 0.15) is 11.5 Å². The molecule has 2 N–H and O–H groups in total. The zero-order valence-corrected chi connectivity index (χ0v) is 17.4. The minimum atomic E-state index is -0.327. The van der Waals surface area contributed by atoms with Crippen molar-refractivity contribution in [3.63, 3.8) is 0 Å². The zero-order valence-electron chi connectivity index (χ0n) is 15.8. The van der Waals surface area contributed by atoms with Crippen molar-refractivity contribution in [3.8, 4) is 11.5 Å². The van der Waals surface area contributed by atoms with Gasteiger partial charge in [-0.1, -0.05) is 17.7 Å². The van der Waals surface area contributed by atoms with E-state index in [0.717, 1.165) is 0 Å². The largest absolute Gasteiger partial charge is 0.494 e. The highest BCUT2D eigenvalue weighted by molar-refractivity contribution is 7.12. The molecule has 0 radical (unpaired) electrons. The molecule has 0 atom stereocenters. The van der Waals surface area contributed by atoms with Gasteiger partial charge in [-0.25, -0.2) is 0 Å². The molecule has 0 bridgehead atoms. The average Bonchev–Trinajstić information content (AvgIpc) is 3.25. The van der Waals surface area contributed by atoms with E-state index >= 15 is 0 Å². The normalized spacial score (nSPS) is 10.3. The lowest BCUT2D eigenvalue weighted by Gasteiger charge is -2.13. The number of ether oxygens (including phenoxy) is 2. The molecule has 0 saturated heterocycles. The second-order valence-electron chi connectivity index (χ2n) is 5.88. The van der Waals surface area contributed by atoms with Gasteiger partial charge in [0.05, 0.1) is 29.3 Å². The van der Waals surface area contributed by atoms with Crippen molar-refractivity contribution in [3.05, 3.63) is 69.4 Å². The molecule has 0 saturated carbocycles. The van der Waals surface area contributed by atoms with Crippen LogP contribution in [-0.2, 0) is 0 Å². The van der Waals surface area contributed by atoms with E-state index in [1.54, 1.807) is 42.5 Å². The molecule has 150 valence electrons. The van der Waals surface area contributed by atoms with Crippen molar-refractivity contribution in [2.45, 2.75) is 6.92 Å². The molecule has 8 heteroatoms. The van der Waals surface area contributed by atoms with Crippen LogP contribution in [0.1, 0.15) is 27.0 Å². The predicted molar refractivity (Wildman–Crippen MR) is 116 cm³/mol. The first kappa shape index (κ1) is 20.7. The summed E-state index contributed by atoms with van der Waals surface area (Å²) in [5.41, 5.74) is 1.42. The fourth-order valence-corrected chi connectivity index (χ4v) is 3.44. The van der Waals surface area contributed by atoms with E-state index < -0.39 is 0 Å². The number of rotatable bonds is 7. The molecule has 0 aliphatic carbocycles. The summed E-state index contributed by atoms with van der Waals surface area (Å²) in [7, 11) is 1.49. The summed E-state index contributed by atoms with van der Waals surface area (Å²) in [6, 6.07) is 13.4. The summed E-state index contributed by atoms with van der Waals surface area (Å²) in [6.07, 6.45) is 0. The average molecular weight is 431 g/mol. The van der Waals surface area contributed by atoms with Gasteiger partial charge in [0, 0.05) is 17.3 Å². The molecule has 2 amide bonds. The first-order valence-electron chi connectivity index (χ1n) is 8.78. The Balaban J connectivity index is 1.73. The summed E-state index contributed by atoms with van der Waals surface area (Å²) in [5, 5.41) is 7.79. The number of anilines is 2. The number of methoxy groups -OCH3 is 1. The summed E-state index contributed by atoms with van der Waals surface area (Å²) < 4.78 is 10.7. The number of carbonyl (C=O) groups is 2. The molecule has 3 aromatic rings. The molecule has 0 spiro atoms. The Morgan fingerprint density at radius 3 is 2.52 bits per heavy atom. The van der Waals surface area contributed by atoms with Gasteiger partial charge in [-0.2, -0.15) is 0 Å². The van der Waals surface area contributed by atoms with Gasteiger partial charge >= 0.3 is 0 Å². The van der Waals surface area contributed by atoms with Crippen LogP contribution in [0.15, 0.2) is 53.9 Å². The highest BCUT2D eigenvalue weighted by atomic mass is 35.5. The van der Waals surface area contributed by atoms with Gasteiger partial charge < -0.3 is 20.1 Å². The van der Waals surface area contributed by atoms with E-state index in [0.29, 0.717) is 44.9 Å². The molecule has 0 aliphatic rings. The van der Waals surface area contributed by atoms with Crippen molar-refractivity contribution >= 4 is 46.1 Å². The Kier molecular flexibility index (Phi) is 6.74. The molecule has 0 unspecified atom stereocenters. The minimum absolute atomic E-state index is 0.223. The van der Waals surface area contributed by atoms with Crippen LogP contribution in [0, 0.1) is 0 Å². The van der Waals surface area contributed by atoms with Crippen molar-refractivity contribution in [1.82, 2.24) is 0 Å². The maximum absolute atomic E-state index is 12.5. The minimum Gasteiger partial charge on any atom is -0.494 e. The summed E-state index contributed by atoms with van der Waals surface area (Å²) in [4.78, 5) is 25.4. The number of hydrogen-bond donors (Lipinski definition) is 2. The van der Waals surface area contributed by atoms with Gasteiger partial charge in [-0.15, -0.1) is 11.3 Å². The van der Waals surface area contributed by atoms with E-state index in [1.807, 2.05) is 18.4 Å². The Morgan fingerprint density at radius 1 is 1.03 bits per heavy atom. The molecular formula is C21H19ClN2O4S. The van der Waals surface area contributed by atoms with Crippen LogP contribution in [0.5, 0.6) is 11.5 Å². The fraction of sp³-hybridized carbons (Fsp3) is 0.143. The number of halogens is 1. The van der Waals surface area contributed by atoms with E-state index in [4.69, 9.17) is 21.1 Å². The second-order valence-corrected chi connectivity index (χ2v) is 7.23. The highest BCUT2D eigenvalue weighted by Gasteiger charge is 2.14. The van der Waals surface area contributed by atoms with Crippen LogP contribution in [0.3, 0.4) is 0 Å².